The Labute approximate surface area is 154 Å². The molecule has 0 bridgehead atoms. The zero-order valence-electron chi connectivity index (χ0n) is 14.8. The van der Waals surface area contributed by atoms with E-state index in [-0.39, 0.29) is 5.91 Å². The van der Waals surface area contributed by atoms with Crippen molar-refractivity contribution in [3.8, 4) is 5.75 Å². The lowest BCUT2D eigenvalue weighted by molar-refractivity contribution is -0.122. The molecule has 0 fully saturated rings. The van der Waals surface area contributed by atoms with Crippen molar-refractivity contribution in [2.24, 2.45) is 0 Å². The lowest BCUT2D eigenvalue weighted by atomic mass is 9.92. The predicted molar refractivity (Wildman–Crippen MR) is 103 cm³/mol. The van der Waals surface area contributed by atoms with Gasteiger partial charge in [-0.15, -0.1) is 0 Å². The van der Waals surface area contributed by atoms with E-state index in [9.17, 15) is 4.79 Å². The molecule has 1 aliphatic rings. The molecule has 1 amide bonds. The van der Waals surface area contributed by atoms with Gasteiger partial charge in [-0.2, -0.15) is 0 Å². The minimum absolute atomic E-state index is 0.148. The number of fused-ring (bicyclic) bond motifs is 1. The summed E-state index contributed by atoms with van der Waals surface area (Å²) in [6, 6.07) is 11.7. The molecule has 1 atom stereocenters. The van der Waals surface area contributed by atoms with Gasteiger partial charge in [0.1, 0.15) is 5.75 Å². The first-order valence-corrected chi connectivity index (χ1v) is 9.30. The number of benzene rings is 2. The van der Waals surface area contributed by atoms with Crippen LogP contribution in [0.15, 0.2) is 36.4 Å². The Kier molecular flexibility index (Phi) is 5.64. The summed E-state index contributed by atoms with van der Waals surface area (Å²) < 4.78 is 5.99. The Morgan fingerprint density at radius 1 is 1.20 bits per heavy atom. The summed E-state index contributed by atoms with van der Waals surface area (Å²) in [6.45, 7) is 3.84. The van der Waals surface area contributed by atoms with Crippen LogP contribution < -0.4 is 10.1 Å². The van der Waals surface area contributed by atoms with Crippen LogP contribution in [0.4, 0.5) is 5.69 Å². The molecule has 4 heteroatoms. The molecular formula is C21H24ClNO2. The number of hydrogen-bond donors (Lipinski definition) is 1. The molecule has 25 heavy (non-hydrogen) atoms. The number of ether oxygens (including phenoxy) is 1. The average molecular weight is 358 g/mol. The maximum absolute atomic E-state index is 12.6. The highest BCUT2D eigenvalue weighted by Crippen LogP contribution is 2.27. The van der Waals surface area contributed by atoms with E-state index in [1.165, 1.54) is 24.0 Å². The Morgan fingerprint density at radius 2 is 1.96 bits per heavy atom. The van der Waals surface area contributed by atoms with Gasteiger partial charge in [-0.25, -0.2) is 0 Å². The number of aryl methyl sites for hydroxylation is 2. The summed E-state index contributed by atoms with van der Waals surface area (Å²) >= 11 is 6.13. The predicted octanol–water partition coefficient (Wildman–Crippen LogP) is 5.32. The van der Waals surface area contributed by atoms with Gasteiger partial charge in [0.05, 0.1) is 0 Å². The number of nitrogens with one attached hydrogen (secondary N) is 1. The third-order valence-corrected chi connectivity index (χ3v) is 5.20. The average Bonchev–Trinajstić information content (AvgIpc) is 2.63. The van der Waals surface area contributed by atoms with Crippen LogP contribution in [-0.4, -0.2) is 12.0 Å². The maximum atomic E-state index is 12.6. The minimum atomic E-state index is -0.528. The van der Waals surface area contributed by atoms with Gasteiger partial charge < -0.3 is 10.1 Å². The van der Waals surface area contributed by atoms with Crippen LogP contribution in [0.25, 0.3) is 0 Å². The zero-order valence-corrected chi connectivity index (χ0v) is 15.5. The van der Waals surface area contributed by atoms with Crippen LogP contribution in [0.3, 0.4) is 0 Å². The lowest BCUT2D eigenvalue weighted by Gasteiger charge is -2.21. The van der Waals surface area contributed by atoms with E-state index in [1.54, 1.807) is 0 Å². The first kappa shape index (κ1) is 17.8. The van der Waals surface area contributed by atoms with E-state index >= 15 is 0 Å². The Hall–Kier alpha value is -2.00. The van der Waals surface area contributed by atoms with Crippen LogP contribution >= 0.6 is 11.6 Å². The zero-order chi connectivity index (χ0) is 17.8. The number of halogens is 1. The van der Waals surface area contributed by atoms with Gasteiger partial charge >= 0.3 is 0 Å². The number of amides is 1. The molecule has 2 aromatic carbocycles. The maximum Gasteiger partial charge on any atom is 0.265 e. The second-order valence-electron chi connectivity index (χ2n) is 6.55. The van der Waals surface area contributed by atoms with Crippen LogP contribution in [-0.2, 0) is 17.6 Å². The molecule has 0 heterocycles. The molecule has 3 rings (SSSR count). The normalized spacial score (nSPS) is 14.5. The highest BCUT2D eigenvalue weighted by molar-refractivity contribution is 6.31. The SMILES string of the molecule is CCC(Oc1ccc2c(c1)CCCC2)C(=O)Nc1cccc(Cl)c1C. The number of hydrogen-bond acceptors (Lipinski definition) is 2. The standard InChI is InChI=1S/C21H24ClNO2/c1-3-20(21(24)23-19-10-6-9-18(22)14(19)2)25-17-12-11-15-7-4-5-8-16(15)13-17/h6,9-13,20H,3-5,7-8H2,1-2H3,(H,23,24). The van der Waals surface area contributed by atoms with Gasteiger partial charge in [0.15, 0.2) is 6.10 Å². The molecule has 0 aliphatic heterocycles. The fraction of sp³-hybridized carbons (Fsp3) is 0.381. The molecular weight excluding hydrogens is 334 g/mol. The van der Waals surface area contributed by atoms with E-state index < -0.39 is 6.10 Å². The second kappa shape index (κ2) is 7.92. The molecule has 0 spiro atoms. The summed E-state index contributed by atoms with van der Waals surface area (Å²) in [6.07, 6.45) is 4.79. The summed E-state index contributed by atoms with van der Waals surface area (Å²) in [4.78, 5) is 12.6. The highest BCUT2D eigenvalue weighted by Gasteiger charge is 2.20. The first-order valence-electron chi connectivity index (χ1n) is 8.93. The number of rotatable bonds is 5. The number of carbonyl (C=O) groups excluding carboxylic acids is 1. The number of carbonyl (C=O) groups is 1. The molecule has 132 valence electrons. The van der Waals surface area contributed by atoms with Gasteiger partial charge in [-0.3, -0.25) is 4.79 Å². The van der Waals surface area contributed by atoms with Crippen molar-refractivity contribution < 1.29 is 9.53 Å². The van der Waals surface area contributed by atoms with E-state index in [1.807, 2.05) is 38.1 Å². The quantitative estimate of drug-likeness (QED) is 0.786. The number of anilines is 1. The summed E-state index contributed by atoms with van der Waals surface area (Å²) in [7, 11) is 0. The fourth-order valence-corrected chi connectivity index (χ4v) is 3.40. The summed E-state index contributed by atoms with van der Waals surface area (Å²) in [5.41, 5.74) is 4.35. The molecule has 1 aliphatic carbocycles. The smallest absolute Gasteiger partial charge is 0.265 e. The largest absolute Gasteiger partial charge is 0.481 e. The molecule has 2 aromatic rings. The van der Waals surface area contributed by atoms with Crippen LogP contribution in [0.5, 0.6) is 5.75 Å². The third-order valence-electron chi connectivity index (χ3n) is 4.79. The Bertz CT molecular complexity index is 772. The van der Waals surface area contributed by atoms with Crippen LogP contribution in [0, 0.1) is 6.92 Å². The molecule has 0 aromatic heterocycles. The van der Waals surface area contributed by atoms with Gasteiger partial charge in [-0.1, -0.05) is 30.7 Å². The van der Waals surface area contributed by atoms with Crippen molar-refractivity contribution in [1.82, 2.24) is 0 Å². The van der Waals surface area contributed by atoms with E-state index in [0.717, 1.165) is 29.8 Å². The Morgan fingerprint density at radius 3 is 2.72 bits per heavy atom. The van der Waals surface area contributed by atoms with Crippen molar-refractivity contribution in [3.63, 3.8) is 0 Å². The topological polar surface area (TPSA) is 38.3 Å². The molecule has 0 radical (unpaired) electrons. The second-order valence-corrected chi connectivity index (χ2v) is 6.96. The first-order chi connectivity index (χ1) is 12.1. The minimum Gasteiger partial charge on any atom is -0.481 e. The molecule has 0 saturated heterocycles. The lowest BCUT2D eigenvalue weighted by Crippen LogP contribution is -2.32. The molecule has 3 nitrogen and oxygen atoms in total. The van der Waals surface area contributed by atoms with Crippen LogP contribution in [0.1, 0.15) is 42.9 Å². The van der Waals surface area contributed by atoms with Gasteiger partial charge in [0.2, 0.25) is 0 Å². The summed E-state index contributed by atoms with van der Waals surface area (Å²) in [5.74, 6) is 0.621. The van der Waals surface area contributed by atoms with Crippen molar-refractivity contribution in [2.45, 2.75) is 52.1 Å². The van der Waals surface area contributed by atoms with E-state index in [4.69, 9.17) is 16.3 Å². The molecule has 0 saturated carbocycles. The summed E-state index contributed by atoms with van der Waals surface area (Å²) in [5, 5.41) is 3.58. The van der Waals surface area contributed by atoms with Crippen molar-refractivity contribution in [3.05, 3.63) is 58.1 Å². The Balaban J connectivity index is 1.71. The van der Waals surface area contributed by atoms with Crippen molar-refractivity contribution in [1.29, 1.82) is 0 Å². The molecule has 1 N–H and O–H groups in total. The van der Waals surface area contributed by atoms with Crippen LogP contribution in [0.2, 0.25) is 5.02 Å². The van der Waals surface area contributed by atoms with Gasteiger partial charge in [-0.05, 0) is 80.0 Å². The third kappa shape index (κ3) is 4.16. The fourth-order valence-electron chi connectivity index (χ4n) is 3.23. The van der Waals surface area contributed by atoms with Crippen molar-refractivity contribution in [2.75, 3.05) is 5.32 Å². The highest BCUT2D eigenvalue weighted by atomic mass is 35.5. The molecule has 1 unspecified atom stereocenters. The van der Waals surface area contributed by atoms with Crippen molar-refractivity contribution >= 4 is 23.2 Å². The monoisotopic (exact) mass is 357 g/mol. The van der Waals surface area contributed by atoms with Gasteiger partial charge in [0.25, 0.3) is 5.91 Å². The van der Waals surface area contributed by atoms with E-state index in [2.05, 4.69) is 17.4 Å². The van der Waals surface area contributed by atoms with Gasteiger partial charge in [0, 0.05) is 10.7 Å². The van der Waals surface area contributed by atoms with E-state index in [0.29, 0.717) is 11.4 Å².